The molecule has 1 aromatic rings. The normalized spacial score (nSPS) is 23.6. The Morgan fingerprint density at radius 1 is 1.41 bits per heavy atom. The zero-order valence-corrected chi connectivity index (χ0v) is 9.85. The fourth-order valence-electron chi connectivity index (χ4n) is 2.41. The molecule has 1 heterocycles. The molecule has 1 aromatic carbocycles. The Labute approximate surface area is 101 Å². The van der Waals surface area contributed by atoms with Gasteiger partial charge in [0.15, 0.2) is 0 Å². The Balaban J connectivity index is 2.11. The number of hydrogen-bond donors (Lipinski definition) is 2. The maximum atomic E-state index is 10.8. The average Bonchev–Trinajstić information content (AvgIpc) is 2.76. The van der Waals surface area contributed by atoms with Crippen molar-refractivity contribution in [1.82, 2.24) is 5.32 Å². The standard InChI is InChI=1S/C13H17NO3/c1-17-11-4-2-9(3-5-11)12-8-14-7-10(12)6-13(15)16/h2-5,10,12,14H,6-8H2,1H3,(H,15,16). The van der Waals surface area contributed by atoms with Crippen LogP contribution in [0.15, 0.2) is 24.3 Å². The first kappa shape index (κ1) is 11.9. The lowest BCUT2D eigenvalue weighted by Gasteiger charge is -2.17. The molecule has 0 spiro atoms. The molecule has 1 saturated heterocycles. The fraction of sp³-hybridized carbons (Fsp3) is 0.462. The fourth-order valence-corrected chi connectivity index (χ4v) is 2.41. The molecule has 1 aliphatic heterocycles. The second-order valence-corrected chi connectivity index (χ2v) is 4.40. The predicted octanol–water partition coefficient (Wildman–Crippen LogP) is 1.47. The van der Waals surface area contributed by atoms with Crippen molar-refractivity contribution in [3.8, 4) is 5.75 Å². The van der Waals surface area contributed by atoms with Gasteiger partial charge in [-0.15, -0.1) is 0 Å². The summed E-state index contributed by atoms with van der Waals surface area (Å²) in [6.07, 6.45) is 0.226. The molecule has 0 aliphatic carbocycles. The van der Waals surface area contributed by atoms with E-state index < -0.39 is 5.97 Å². The van der Waals surface area contributed by atoms with E-state index in [2.05, 4.69) is 5.32 Å². The summed E-state index contributed by atoms with van der Waals surface area (Å²) in [7, 11) is 1.64. The van der Waals surface area contributed by atoms with Crippen molar-refractivity contribution in [3.63, 3.8) is 0 Å². The van der Waals surface area contributed by atoms with Gasteiger partial charge in [0, 0.05) is 18.9 Å². The lowest BCUT2D eigenvalue weighted by atomic mass is 9.87. The van der Waals surface area contributed by atoms with Crippen LogP contribution in [0.1, 0.15) is 17.9 Å². The second-order valence-electron chi connectivity index (χ2n) is 4.40. The molecule has 2 rings (SSSR count). The van der Waals surface area contributed by atoms with Gasteiger partial charge in [-0.3, -0.25) is 4.79 Å². The monoisotopic (exact) mass is 235 g/mol. The van der Waals surface area contributed by atoms with Gasteiger partial charge in [0.25, 0.3) is 0 Å². The predicted molar refractivity (Wildman–Crippen MR) is 64.3 cm³/mol. The Morgan fingerprint density at radius 3 is 2.71 bits per heavy atom. The van der Waals surface area contributed by atoms with E-state index in [1.165, 1.54) is 5.56 Å². The van der Waals surface area contributed by atoms with Gasteiger partial charge in [0.05, 0.1) is 7.11 Å². The third kappa shape index (κ3) is 2.77. The van der Waals surface area contributed by atoms with Crippen molar-refractivity contribution >= 4 is 5.97 Å². The molecule has 2 N–H and O–H groups in total. The molecular formula is C13H17NO3. The molecule has 2 unspecified atom stereocenters. The number of nitrogens with one attached hydrogen (secondary N) is 1. The summed E-state index contributed by atoms with van der Waals surface area (Å²) in [5, 5.41) is 12.1. The highest BCUT2D eigenvalue weighted by Gasteiger charge is 2.29. The van der Waals surface area contributed by atoms with Crippen molar-refractivity contribution in [2.45, 2.75) is 12.3 Å². The number of carboxylic acid groups (broad SMARTS) is 1. The molecule has 4 heteroatoms. The number of carboxylic acids is 1. The van der Waals surface area contributed by atoms with E-state index in [9.17, 15) is 4.79 Å². The van der Waals surface area contributed by atoms with Crippen molar-refractivity contribution < 1.29 is 14.6 Å². The maximum absolute atomic E-state index is 10.8. The lowest BCUT2D eigenvalue weighted by molar-refractivity contribution is -0.138. The van der Waals surface area contributed by atoms with Crippen LogP contribution >= 0.6 is 0 Å². The summed E-state index contributed by atoms with van der Waals surface area (Å²) < 4.78 is 5.11. The molecule has 0 aromatic heterocycles. The molecular weight excluding hydrogens is 218 g/mol. The SMILES string of the molecule is COc1ccc(C2CNCC2CC(=O)O)cc1. The summed E-state index contributed by atoms with van der Waals surface area (Å²) in [4.78, 5) is 10.8. The van der Waals surface area contributed by atoms with Crippen LogP contribution in [0.4, 0.5) is 0 Å². The van der Waals surface area contributed by atoms with Crippen LogP contribution < -0.4 is 10.1 Å². The maximum Gasteiger partial charge on any atom is 0.303 e. The first-order valence-corrected chi connectivity index (χ1v) is 5.77. The number of rotatable bonds is 4. The van der Waals surface area contributed by atoms with Crippen LogP contribution in [0.5, 0.6) is 5.75 Å². The van der Waals surface area contributed by atoms with E-state index in [-0.39, 0.29) is 18.3 Å². The minimum absolute atomic E-state index is 0.181. The Morgan fingerprint density at radius 2 is 2.12 bits per heavy atom. The molecule has 17 heavy (non-hydrogen) atoms. The number of hydrogen-bond acceptors (Lipinski definition) is 3. The molecule has 1 fully saturated rings. The molecule has 4 nitrogen and oxygen atoms in total. The molecule has 0 amide bonds. The van der Waals surface area contributed by atoms with Crippen LogP contribution in [0, 0.1) is 5.92 Å². The average molecular weight is 235 g/mol. The van der Waals surface area contributed by atoms with Crippen molar-refractivity contribution in [2.24, 2.45) is 5.92 Å². The zero-order valence-electron chi connectivity index (χ0n) is 9.85. The molecule has 92 valence electrons. The number of ether oxygens (including phenoxy) is 1. The zero-order chi connectivity index (χ0) is 12.3. The van der Waals surface area contributed by atoms with Gasteiger partial charge >= 0.3 is 5.97 Å². The summed E-state index contributed by atoms with van der Waals surface area (Å²) >= 11 is 0. The largest absolute Gasteiger partial charge is 0.497 e. The van der Waals surface area contributed by atoms with Crippen molar-refractivity contribution in [3.05, 3.63) is 29.8 Å². The van der Waals surface area contributed by atoms with Crippen molar-refractivity contribution in [2.75, 3.05) is 20.2 Å². The minimum atomic E-state index is -0.725. The van der Waals surface area contributed by atoms with Gasteiger partial charge in [-0.25, -0.2) is 0 Å². The van der Waals surface area contributed by atoms with Gasteiger partial charge in [-0.05, 0) is 30.2 Å². The van der Waals surface area contributed by atoms with Gasteiger partial charge < -0.3 is 15.2 Å². The van der Waals surface area contributed by atoms with E-state index in [4.69, 9.17) is 9.84 Å². The smallest absolute Gasteiger partial charge is 0.303 e. The second kappa shape index (κ2) is 5.19. The Kier molecular flexibility index (Phi) is 3.64. The van der Waals surface area contributed by atoms with Gasteiger partial charge in [-0.1, -0.05) is 12.1 Å². The summed E-state index contributed by atoms with van der Waals surface area (Å²) in [6.45, 7) is 1.63. The summed E-state index contributed by atoms with van der Waals surface area (Å²) in [5.74, 6) is 0.574. The highest BCUT2D eigenvalue weighted by Crippen LogP contribution is 2.31. The topological polar surface area (TPSA) is 58.6 Å². The lowest BCUT2D eigenvalue weighted by Crippen LogP contribution is -2.15. The van der Waals surface area contributed by atoms with Crippen LogP contribution in [-0.2, 0) is 4.79 Å². The van der Waals surface area contributed by atoms with Crippen LogP contribution in [0.25, 0.3) is 0 Å². The van der Waals surface area contributed by atoms with Gasteiger partial charge in [0.1, 0.15) is 5.75 Å². The molecule has 1 aliphatic rings. The number of carbonyl (C=O) groups is 1. The van der Waals surface area contributed by atoms with Crippen LogP contribution in [-0.4, -0.2) is 31.3 Å². The Bertz CT molecular complexity index is 388. The highest BCUT2D eigenvalue weighted by molar-refractivity contribution is 5.67. The molecule has 0 bridgehead atoms. The summed E-state index contributed by atoms with van der Waals surface area (Å²) in [5.41, 5.74) is 1.18. The first-order chi connectivity index (χ1) is 8.20. The van der Waals surface area contributed by atoms with E-state index in [0.29, 0.717) is 0 Å². The van der Waals surface area contributed by atoms with E-state index in [0.717, 1.165) is 18.8 Å². The van der Waals surface area contributed by atoms with E-state index in [1.807, 2.05) is 24.3 Å². The minimum Gasteiger partial charge on any atom is -0.497 e. The quantitative estimate of drug-likeness (QED) is 0.829. The number of benzene rings is 1. The molecule has 0 radical (unpaired) electrons. The van der Waals surface area contributed by atoms with Crippen LogP contribution in [0.2, 0.25) is 0 Å². The first-order valence-electron chi connectivity index (χ1n) is 5.77. The van der Waals surface area contributed by atoms with Gasteiger partial charge in [-0.2, -0.15) is 0 Å². The number of aliphatic carboxylic acids is 1. The Hall–Kier alpha value is -1.55. The van der Waals surface area contributed by atoms with E-state index >= 15 is 0 Å². The van der Waals surface area contributed by atoms with Crippen molar-refractivity contribution in [1.29, 1.82) is 0 Å². The van der Waals surface area contributed by atoms with E-state index in [1.54, 1.807) is 7.11 Å². The highest BCUT2D eigenvalue weighted by atomic mass is 16.5. The molecule has 2 atom stereocenters. The third-order valence-electron chi connectivity index (χ3n) is 3.32. The number of methoxy groups -OCH3 is 1. The third-order valence-corrected chi connectivity index (χ3v) is 3.32. The molecule has 0 saturated carbocycles. The summed E-state index contributed by atoms with van der Waals surface area (Å²) in [6, 6.07) is 7.88. The van der Waals surface area contributed by atoms with Crippen LogP contribution in [0.3, 0.4) is 0 Å². The van der Waals surface area contributed by atoms with Gasteiger partial charge in [0.2, 0.25) is 0 Å².